The van der Waals surface area contributed by atoms with E-state index in [1.54, 1.807) is 18.2 Å². The highest BCUT2D eigenvalue weighted by Crippen LogP contribution is 2.23. The van der Waals surface area contributed by atoms with E-state index >= 15 is 0 Å². The summed E-state index contributed by atoms with van der Waals surface area (Å²) in [5.74, 6) is -2.33. The van der Waals surface area contributed by atoms with Gasteiger partial charge < -0.3 is 25.0 Å². The second kappa shape index (κ2) is 9.61. The maximum absolute atomic E-state index is 12.5. The van der Waals surface area contributed by atoms with Gasteiger partial charge in [-0.3, -0.25) is 4.79 Å². The number of ether oxygens (including phenoxy) is 2. The first-order valence-corrected chi connectivity index (χ1v) is 8.48. The summed E-state index contributed by atoms with van der Waals surface area (Å²) >= 11 is 5.91. The third-order valence-electron chi connectivity index (χ3n) is 3.74. The van der Waals surface area contributed by atoms with Crippen molar-refractivity contribution in [3.63, 3.8) is 0 Å². The predicted molar refractivity (Wildman–Crippen MR) is 100 cm³/mol. The van der Waals surface area contributed by atoms with Crippen LogP contribution in [0.2, 0.25) is 5.02 Å². The van der Waals surface area contributed by atoms with Crippen molar-refractivity contribution >= 4 is 29.4 Å². The van der Waals surface area contributed by atoms with Gasteiger partial charge in [0, 0.05) is 11.4 Å². The molecule has 0 heterocycles. The van der Waals surface area contributed by atoms with Crippen molar-refractivity contribution in [2.24, 2.45) is 0 Å². The van der Waals surface area contributed by atoms with Crippen molar-refractivity contribution in [3.05, 3.63) is 58.6 Å². The Bertz CT molecular complexity index is 867. The molecule has 0 aromatic heterocycles. The normalized spacial score (nSPS) is 11.4. The Morgan fingerprint density at radius 1 is 1.11 bits per heavy atom. The molecule has 0 radical (unpaired) electrons. The number of aliphatic carboxylic acids is 2. The summed E-state index contributed by atoms with van der Waals surface area (Å²) in [6, 6.07) is 9.52. The van der Waals surface area contributed by atoms with Crippen LogP contribution in [0.15, 0.2) is 42.5 Å². The molecule has 0 aliphatic rings. The molecule has 8 nitrogen and oxygen atoms in total. The van der Waals surface area contributed by atoms with Crippen LogP contribution in [0.3, 0.4) is 0 Å². The average molecular weight is 408 g/mol. The fourth-order valence-electron chi connectivity index (χ4n) is 2.40. The molecule has 0 saturated heterocycles. The third-order valence-corrected chi connectivity index (χ3v) is 3.97. The first-order chi connectivity index (χ1) is 13.3. The van der Waals surface area contributed by atoms with Gasteiger partial charge in [0.05, 0.1) is 12.7 Å². The van der Waals surface area contributed by atoms with E-state index in [0.29, 0.717) is 16.3 Å². The Morgan fingerprint density at radius 2 is 1.79 bits per heavy atom. The molecule has 3 N–H and O–H groups in total. The molecule has 0 saturated carbocycles. The van der Waals surface area contributed by atoms with Crippen molar-refractivity contribution in [3.8, 4) is 11.5 Å². The van der Waals surface area contributed by atoms with E-state index in [4.69, 9.17) is 26.2 Å². The summed E-state index contributed by atoms with van der Waals surface area (Å²) in [4.78, 5) is 34.6. The number of halogens is 1. The maximum Gasteiger partial charge on any atom is 0.341 e. The first-order valence-electron chi connectivity index (χ1n) is 8.11. The van der Waals surface area contributed by atoms with Crippen molar-refractivity contribution in [1.29, 1.82) is 0 Å². The van der Waals surface area contributed by atoms with Gasteiger partial charge in [0.1, 0.15) is 17.5 Å². The molecule has 9 heteroatoms. The summed E-state index contributed by atoms with van der Waals surface area (Å²) in [6.07, 6.45) is 0.0170. The third kappa shape index (κ3) is 5.88. The number of amides is 1. The van der Waals surface area contributed by atoms with Gasteiger partial charge in [0.2, 0.25) is 0 Å². The summed E-state index contributed by atoms with van der Waals surface area (Å²) < 4.78 is 10.1. The SMILES string of the molecule is COc1ccc(Cl)cc1C(=O)N[C@@H](Cc1ccc(OCC(=O)O)cc1)C(=O)O. The topological polar surface area (TPSA) is 122 Å². The Balaban J connectivity index is 2.09. The van der Waals surface area contributed by atoms with Crippen LogP contribution in [0, 0.1) is 0 Å². The molecule has 2 aromatic rings. The Morgan fingerprint density at radius 3 is 2.36 bits per heavy atom. The minimum Gasteiger partial charge on any atom is -0.496 e. The van der Waals surface area contributed by atoms with Crippen molar-refractivity contribution in [2.45, 2.75) is 12.5 Å². The van der Waals surface area contributed by atoms with Crippen molar-refractivity contribution < 1.29 is 34.1 Å². The number of carbonyl (C=O) groups excluding carboxylic acids is 1. The van der Waals surface area contributed by atoms with Crippen LogP contribution in [0.1, 0.15) is 15.9 Å². The number of rotatable bonds is 9. The van der Waals surface area contributed by atoms with E-state index in [9.17, 15) is 19.5 Å². The van der Waals surface area contributed by atoms with Gasteiger partial charge in [-0.1, -0.05) is 23.7 Å². The second-order valence-electron chi connectivity index (χ2n) is 5.74. The molecular weight excluding hydrogens is 390 g/mol. The zero-order valence-electron chi connectivity index (χ0n) is 14.8. The van der Waals surface area contributed by atoms with Gasteiger partial charge in [0.15, 0.2) is 6.61 Å². The summed E-state index contributed by atoms with van der Waals surface area (Å²) in [7, 11) is 1.39. The quantitative estimate of drug-likeness (QED) is 0.582. The fraction of sp³-hybridized carbons (Fsp3) is 0.211. The highest BCUT2D eigenvalue weighted by Gasteiger charge is 2.23. The summed E-state index contributed by atoms with van der Waals surface area (Å²) in [6.45, 7) is -0.478. The molecule has 148 valence electrons. The van der Waals surface area contributed by atoms with Gasteiger partial charge >= 0.3 is 11.9 Å². The monoisotopic (exact) mass is 407 g/mol. The molecular formula is C19H18ClNO7. The van der Waals surface area contributed by atoms with E-state index in [-0.39, 0.29) is 17.7 Å². The fourth-order valence-corrected chi connectivity index (χ4v) is 2.57. The lowest BCUT2D eigenvalue weighted by atomic mass is 10.0. The van der Waals surface area contributed by atoms with Crippen LogP contribution in [0.4, 0.5) is 0 Å². The molecule has 2 rings (SSSR count). The minimum atomic E-state index is -1.21. The molecule has 1 atom stereocenters. The zero-order chi connectivity index (χ0) is 20.7. The Kier molecular flexibility index (Phi) is 7.22. The van der Waals surface area contributed by atoms with Crippen molar-refractivity contribution in [2.75, 3.05) is 13.7 Å². The van der Waals surface area contributed by atoms with Gasteiger partial charge in [0.25, 0.3) is 5.91 Å². The highest BCUT2D eigenvalue weighted by molar-refractivity contribution is 6.31. The van der Waals surface area contributed by atoms with E-state index in [0.717, 1.165) is 0 Å². The molecule has 0 fully saturated rings. The van der Waals surface area contributed by atoms with Crippen LogP contribution >= 0.6 is 11.6 Å². The number of carbonyl (C=O) groups is 3. The van der Waals surface area contributed by atoms with Gasteiger partial charge in [-0.05, 0) is 35.9 Å². The van der Waals surface area contributed by atoms with E-state index in [1.165, 1.54) is 31.4 Å². The van der Waals surface area contributed by atoms with Crippen LogP contribution in [0.5, 0.6) is 11.5 Å². The number of hydrogen-bond acceptors (Lipinski definition) is 5. The van der Waals surface area contributed by atoms with Crippen LogP contribution < -0.4 is 14.8 Å². The number of methoxy groups -OCH3 is 1. The molecule has 0 bridgehead atoms. The average Bonchev–Trinajstić information content (AvgIpc) is 2.66. The molecule has 0 aliphatic heterocycles. The van der Waals surface area contributed by atoms with Crippen LogP contribution in [-0.4, -0.2) is 47.8 Å². The first kappa shape index (κ1) is 21.0. The molecule has 1 amide bonds. The number of carboxylic acid groups (broad SMARTS) is 2. The van der Waals surface area contributed by atoms with E-state index < -0.39 is 30.5 Å². The lowest BCUT2D eigenvalue weighted by Gasteiger charge is -2.16. The number of carboxylic acids is 2. The number of hydrogen-bond donors (Lipinski definition) is 3. The van der Waals surface area contributed by atoms with Crippen LogP contribution in [-0.2, 0) is 16.0 Å². The van der Waals surface area contributed by atoms with E-state index in [2.05, 4.69) is 5.32 Å². The molecule has 0 aliphatic carbocycles. The number of benzene rings is 2. The summed E-state index contributed by atoms with van der Waals surface area (Å²) in [5.41, 5.74) is 0.743. The smallest absolute Gasteiger partial charge is 0.341 e. The maximum atomic E-state index is 12.5. The largest absolute Gasteiger partial charge is 0.496 e. The zero-order valence-corrected chi connectivity index (χ0v) is 15.6. The minimum absolute atomic E-state index is 0.0170. The second-order valence-corrected chi connectivity index (χ2v) is 6.18. The lowest BCUT2D eigenvalue weighted by molar-refractivity contribution is -0.140. The summed E-state index contributed by atoms with van der Waals surface area (Å²) in [5, 5.41) is 20.8. The molecule has 2 aromatic carbocycles. The Labute approximate surface area is 165 Å². The molecule has 0 unspecified atom stereocenters. The molecule has 0 spiro atoms. The molecule has 28 heavy (non-hydrogen) atoms. The predicted octanol–water partition coefficient (Wildman–Crippen LogP) is 2.24. The van der Waals surface area contributed by atoms with Crippen LogP contribution in [0.25, 0.3) is 0 Å². The standard InChI is InChI=1S/C19H18ClNO7/c1-27-16-7-4-12(20)9-14(16)18(24)21-15(19(25)26)8-11-2-5-13(6-3-11)28-10-17(22)23/h2-7,9,15H,8,10H2,1H3,(H,21,24)(H,22,23)(H,25,26)/t15-/m0/s1. The van der Waals surface area contributed by atoms with Gasteiger partial charge in [-0.15, -0.1) is 0 Å². The number of nitrogens with one attached hydrogen (secondary N) is 1. The van der Waals surface area contributed by atoms with Crippen molar-refractivity contribution in [1.82, 2.24) is 5.32 Å². The van der Waals surface area contributed by atoms with Gasteiger partial charge in [-0.2, -0.15) is 0 Å². The lowest BCUT2D eigenvalue weighted by Crippen LogP contribution is -2.42. The van der Waals surface area contributed by atoms with Gasteiger partial charge in [-0.25, -0.2) is 9.59 Å². The van der Waals surface area contributed by atoms with E-state index in [1.807, 2.05) is 0 Å². The Hall–Kier alpha value is -3.26. The highest BCUT2D eigenvalue weighted by atomic mass is 35.5.